The van der Waals surface area contributed by atoms with Crippen molar-refractivity contribution < 1.29 is 9.13 Å². The van der Waals surface area contributed by atoms with Crippen molar-refractivity contribution in [2.45, 2.75) is 25.4 Å². The number of aromatic nitrogens is 2. The second kappa shape index (κ2) is 6.83. The summed E-state index contributed by atoms with van der Waals surface area (Å²) in [5.41, 5.74) is 1.56. The number of rotatable bonds is 4. The molecule has 0 bridgehead atoms. The minimum absolute atomic E-state index is 0.165. The third kappa shape index (κ3) is 3.60. The van der Waals surface area contributed by atoms with Gasteiger partial charge in [-0.25, -0.2) is 9.37 Å². The van der Waals surface area contributed by atoms with Crippen LogP contribution in [-0.4, -0.2) is 35.0 Å². The summed E-state index contributed by atoms with van der Waals surface area (Å²) in [6.45, 7) is 2.36. The fourth-order valence-electron chi connectivity index (χ4n) is 2.72. The van der Waals surface area contributed by atoms with Crippen molar-refractivity contribution >= 4 is 0 Å². The van der Waals surface area contributed by atoms with E-state index in [-0.39, 0.29) is 12.4 Å². The first-order valence-corrected chi connectivity index (χ1v) is 7.59. The number of likely N-dealkylation sites (tertiary alicyclic amines) is 1. The van der Waals surface area contributed by atoms with E-state index in [9.17, 15) is 4.39 Å². The highest BCUT2D eigenvalue weighted by Gasteiger charge is 2.19. The molecule has 22 heavy (non-hydrogen) atoms. The van der Waals surface area contributed by atoms with Crippen LogP contribution in [0.5, 0.6) is 5.88 Å². The van der Waals surface area contributed by atoms with E-state index in [1.807, 2.05) is 12.1 Å². The molecule has 3 heterocycles. The Morgan fingerprint density at radius 2 is 2.09 bits per heavy atom. The molecular formula is C17H20FN3O. The van der Waals surface area contributed by atoms with E-state index < -0.39 is 0 Å². The Labute approximate surface area is 130 Å². The minimum atomic E-state index is -0.353. The molecule has 3 rings (SSSR count). The fraction of sp³-hybridized carbons (Fsp3) is 0.412. The normalized spacial score (nSPS) is 16.6. The van der Waals surface area contributed by atoms with Gasteiger partial charge in [-0.2, -0.15) is 0 Å². The molecule has 0 N–H and O–H groups in total. The highest BCUT2D eigenvalue weighted by atomic mass is 19.1. The Balaban J connectivity index is 1.65. The van der Waals surface area contributed by atoms with E-state index in [1.165, 1.54) is 6.20 Å². The van der Waals surface area contributed by atoms with E-state index in [4.69, 9.17) is 4.74 Å². The molecule has 0 aromatic carbocycles. The average molecular weight is 301 g/mol. The lowest BCUT2D eigenvalue weighted by Gasteiger charge is -2.28. The SMILES string of the molecule is CN1CCC(c2cccc(OCc3ccncc3F)n2)CC1. The van der Waals surface area contributed by atoms with Gasteiger partial charge in [0.25, 0.3) is 0 Å². The maximum Gasteiger partial charge on any atom is 0.213 e. The highest BCUT2D eigenvalue weighted by Crippen LogP contribution is 2.27. The molecule has 0 amide bonds. The lowest BCUT2D eigenvalue weighted by Crippen LogP contribution is -2.29. The Morgan fingerprint density at radius 1 is 1.27 bits per heavy atom. The Morgan fingerprint density at radius 3 is 2.86 bits per heavy atom. The van der Waals surface area contributed by atoms with E-state index >= 15 is 0 Å². The maximum atomic E-state index is 13.5. The van der Waals surface area contributed by atoms with Crippen molar-refractivity contribution in [2.24, 2.45) is 0 Å². The molecule has 0 atom stereocenters. The molecule has 116 valence electrons. The van der Waals surface area contributed by atoms with Crippen molar-refractivity contribution in [1.82, 2.24) is 14.9 Å². The minimum Gasteiger partial charge on any atom is -0.473 e. The second-order valence-corrected chi connectivity index (χ2v) is 5.73. The number of halogens is 1. The van der Waals surface area contributed by atoms with Gasteiger partial charge >= 0.3 is 0 Å². The first-order valence-electron chi connectivity index (χ1n) is 7.59. The van der Waals surface area contributed by atoms with Crippen LogP contribution in [0.15, 0.2) is 36.7 Å². The smallest absolute Gasteiger partial charge is 0.213 e. The van der Waals surface area contributed by atoms with Gasteiger partial charge in [-0.3, -0.25) is 4.98 Å². The second-order valence-electron chi connectivity index (χ2n) is 5.73. The highest BCUT2D eigenvalue weighted by molar-refractivity contribution is 5.20. The van der Waals surface area contributed by atoms with Gasteiger partial charge in [-0.15, -0.1) is 0 Å². The first kappa shape index (κ1) is 14.9. The molecule has 0 saturated carbocycles. The molecule has 0 spiro atoms. The van der Waals surface area contributed by atoms with Crippen molar-refractivity contribution in [3.63, 3.8) is 0 Å². The first-order chi connectivity index (χ1) is 10.7. The van der Waals surface area contributed by atoms with Gasteiger partial charge in [0.05, 0.1) is 6.20 Å². The lowest BCUT2D eigenvalue weighted by molar-refractivity contribution is 0.250. The molecular weight excluding hydrogens is 281 g/mol. The maximum absolute atomic E-state index is 13.5. The van der Waals surface area contributed by atoms with Gasteiger partial charge in [-0.05, 0) is 45.1 Å². The third-order valence-corrected chi connectivity index (χ3v) is 4.11. The van der Waals surface area contributed by atoms with Crippen molar-refractivity contribution in [2.75, 3.05) is 20.1 Å². The zero-order chi connectivity index (χ0) is 15.4. The van der Waals surface area contributed by atoms with Gasteiger partial charge < -0.3 is 9.64 Å². The number of pyridine rings is 2. The van der Waals surface area contributed by atoms with Gasteiger partial charge in [0.15, 0.2) is 0 Å². The average Bonchev–Trinajstić information content (AvgIpc) is 2.55. The molecule has 1 fully saturated rings. The van der Waals surface area contributed by atoms with E-state index in [0.29, 0.717) is 17.4 Å². The van der Waals surface area contributed by atoms with E-state index in [1.54, 1.807) is 12.3 Å². The number of ether oxygens (including phenoxy) is 1. The van der Waals surface area contributed by atoms with Crippen LogP contribution in [0.2, 0.25) is 0 Å². The molecule has 1 aliphatic heterocycles. The summed E-state index contributed by atoms with van der Waals surface area (Å²) in [5.74, 6) is 0.680. The summed E-state index contributed by atoms with van der Waals surface area (Å²) < 4.78 is 19.2. The lowest BCUT2D eigenvalue weighted by atomic mass is 9.93. The number of piperidine rings is 1. The van der Waals surface area contributed by atoms with Crippen LogP contribution >= 0.6 is 0 Å². The van der Waals surface area contributed by atoms with Crippen molar-refractivity contribution in [1.29, 1.82) is 0 Å². The predicted octanol–water partition coefficient (Wildman–Crippen LogP) is 3.00. The standard InChI is InChI=1S/C17H20FN3O/c1-21-9-6-13(7-10-21)16-3-2-4-17(20-16)22-12-14-5-8-19-11-15(14)18/h2-5,8,11,13H,6-7,9-10,12H2,1H3. The van der Waals surface area contributed by atoms with Crippen molar-refractivity contribution in [3.05, 3.63) is 53.7 Å². The molecule has 0 radical (unpaired) electrons. The molecule has 1 saturated heterocycles. The largest absolute Gasteiger partial charge is 0.473 e. The topological polar surface area (TPSA) is 38.2 Å². The molecule has 5 heteroatoms. The van der Waals surface area contributed by atoms with Crippen LogP contribution in [0.1, 0.15) is 30.0 Å². The van der Waals surface area contributed by atoms with Gasteiger partial charge in [-0.1, -0.05) is 6.07 Å². The van der Waals surface area contributed by atoms with Crippen LogP contribution in [0.3, 0.4) is 0 Å². The Bertz CT molecular complexity index is 627. The summed E-state index contributed by atoms with van der Waals surface area (Å²) >= 11 is 0. The summed E-state index contributed by atoms with van der Waals surface area (Å²) in [4.78, 5) is 10.7. The van der Waals surface area contributed by atoms with E-state index in [2.05, 4.69) is 28.0 Å². The molecule has 2 aromatic heterocycles. The van der Waals surface area contributed by atoms with Crippen LogP contribution in [0.4, 0.5) is 4.39 Å². The Hall–Kier alpha value is -2.01. The summed E-state index contributed by atoms with van der Waals surface area (Å²) in [7, 11) is 2.15. The summed E-state index contributed by atoms with van der Waals surface area (Å²) in [6, 6.07) is 7.45. The van der Waals surface area contributed by atoms with Gasteiger partial charge in [0.1, 0.15) is 12.4 Å². The van der Waals surface area contributed by atoms with Crippen LogP contribution in [-0.2, 0) is 6.61 Å². The quantitative estimate of drug-likeness (QED) is 0.870. The summed E-state index contributed by atoms with van der Waals surface area (Å²) in [5, 5.41) is 0. The Kier molecular flexibility index (Phi) is 4.63. The van der Waals surface area contributed by atoms with Gasteiger partial charge in [0.2, 0.25) is 5.88 Å². The van der Waals surface area contributed by atoms with Crippen LogP contribution < -0.4 is 4.74 Å². The van der Waals surface area contributed by atoms with Crippen LogP contribution in [0.25, 0.3) is 0 Å². The molecule has 0 unspecified atom stereocenters. The molecule has 2 aromatic rings. The van der Waals surface area contributed by atoms with Gasteiger partial charge in [0, 0.05) is 29.4 Å². The number of hydrogen-bond donors (Lipinski definition) is 0. The zero-order valence-electron chi connectivity index (χ0n) is 12.7. The predicted molar refractivity (Wildman–Crippen MR) is 82.2 cm³/mol. The zero-order valence-corrected chi connectivity index (χ0v) is 12.7. The number of hydrogen-bond acceptors (Lipinski definition) is 4. The number of nitrogens with zero attached hydrogens (tertiary/aromatic N) is 3. The monoisotopic (exact) mass is 301 g/mol. The summed E-state index contributed by atoms with van der Waals surface area (Å²) in [6.07, 6.45) is 4.99. The fourth-order valence-corrected chi connectivity index (χ4v) is 2.72. The molecule has 1 aliphatic rings. The third-order valence-electron chi connectivity index (χ3n) is 4.11. The van der Waals surface area contributed by atoms with Crippen molar-refractivity contribution in [3.8, 4) is 5.88 Å². The van der Waals surface area contributed by atoms with Crippen LogP contribution in [0, 0.1) is 5.82 Å². The molecule has 4 nitrogen and oxygen atoms in total. The molecule has 0 aliphatic carbocycles. The van der Waals surface area contributed by atoms with E-state index in [0.717, 1.165) is 31.6 Å².